The van der Waals surface area contributed by atoms with Crippen molar-refractivity contribution in [2.75, 3.05) is 0 Å². The second kappa shape index (κ2) is 11.2. The summed E-state index contributed by atoms with van der Waals surface area (Å²) in [4.78, 5) is 63.6. The minimum atomic E-state index is -1.13. The van der Waals surface area contributed by atoms with Crippen LogP contribution in [-0.4, -0.2) is 35.5 Å². The first-order valence-corrected chi connectivity index (χ1v) is 12.1. The van der Waals surface area contributed by atoms with Crippen molar-refractivity contribution < 1.29 is 24.0 Å². The van der Waals surface area contributed by atoms with Gasteiger partial charge in [-0.15, -0.1) is 11.3 Å². The summed E-state index contributed by atoms with van der Waals surface area (Å²) in [5.74, 6) is -4.47. The van der Waals surface area contributed by atoms with Crippen LogP contribution in [0.4, 0.5) is 0 Å². The molecule has 3 N–H and O–H groups in total. The van der Waals surface area contributed by atoms with E-state index in [1.54, 1.807) is 13.8 Å². The summed E-state index contributed by atoms with van der Waals surface area (Å²) >= 11 is 1.48. The van der Waals surface area contributed by atoms with Gasteiger partial charge in [0.15, 0.2) is 5.78 Å². The Balaban J connectivity index is 1.71. The number of Topliss-reactive ketones (excluding diaryl/α,β-unsaturated/α-hetero) is 1. The monoisotopic (exact) mass is 483 g/mol. The third-order valence-corrected chi connectivity index (χ3v) is 6.76. The lowest BCUT2D eigenvalue weighted by Crippen LogP contribution is -2.49. The van der Waals surface area contributed by atoms with Crippen molar-refractivity contribution in [3.05, 3.63) is 58.3 Å². The number of hydrogen-bond donors (Lipinski definition) is 3. The van der Waals surface area contributed by atoms with Gasteiger partial charge < -0.3 is 10.6 Å². The van der Waals surface area contributed by atoms with Crippen LogP contribution in [0.5, 0.6) is 0 Å². The van der Waals surface area contributed by atoms with Crippen LogP contribution in [0.3, 0.4) is 0 Å². The molecule has 3 rings (SSSR count). The molecule has 8 nitrogen and oxygen atoms in total. The molecule has 1 fully saturated rings. The molecule has 1 aliphatic heterocycles. The maximum atomic E-state index is 13.1. The molecule has 0 unspecified atom stereocenters. The quantitative estimate of drug-likeness (QED) is 0.353. The number of imide groups is 1. The summed E-state index contributed by atoms with van der Waals surface area (Å²) in [6.07, 6.45) is 0.125. The van der Waals surface area contributed by atoms with Crippen LogP contribution < -0.4 is 16.0 Å². The number of hydrogen-bond acceptors (Lipinski definition) is 6. The molecule has 9 heteroatoms. The van der Waals surface area contributed by atoms with E-state index in [9.17, 15) is 24.0 Å². The van der Waals surface area contributed by atoms with Gasteiger partial charge in [-0.25, -0.2) is 0 Å². The van der Waals surface area contributed by atoms with Crippen molar-refractivity contribution >= 4 is 40.7 Å². The van der Waals surface area contributed by atoms with Gasteiger partial charge in [0.2, 0.25) is 23.6 Å². The minimum Gasteiger partial charge on any atom is -0.348 e. The summed E-state index contributed by atoms with van der Waals surface area (Å²) in [5.41, 5.74) is 0.763. The van der Waals surface area contributed by atoms with Crippen molar-refractivity contribution in [2.24, 2.45) is 17.8 Å². The zero-order chi connectivity index (χ0) is 24.8. The van der Waals surface area contributed by atoms with Crippen molar-refractivity contribution in [1.29, 1.82) is 0 Å². The number of benzene rings is 1. The van der Waals surface area contributed by atoms with Crippen molar-refractivity contribution in [2.45, 2.75) is 45.7 Å². The topological polar surface area (TPSA) is 121 Å². The van der Waals surface area contributed by atoms with E-state index in [1.165, 1.54) is 18.3 Å². The number of carbonyl (C=O) groups excluding carboxylic acids is 5. The Morgan fingerprint density at radius 1 is 0.971 bits per heavy atom. The molecular formula is C25H29N3O5S. The molecule has 2 aromatic rings. The molecule has 2 heterocycles. The van der Waals surface area contributed by atoms with E-state index < -0.39 is 47.4 Å². The van der Waals surface area contributed by atoms with E-state index in [-0.39, 0.29) is 24.7 Å². The standard InChI is InChI=1S/C25H29N3O5S/c1-14(2)22(23(31)21-15(3)24(32)28-25(21)33)27-20(30)13-18(16-8-5-4-6-9-16)26-19(29)12-17-10-7-11-34-17/h4-11,14-15,18,21-22H,12-13H2,1-3H3,(H,26,29)(H,27,30)(H,28,32,33)/t15-,18-,21+,22-/m0/s1. The predicted octanol–water partition coefficient (Wildman–Crippen LogP) is 2.16. The Bertz CT molecular complexity index is 1050. The van der Waals surface area contributed by atoms with E-state index in [0.29, 0.717) is 0 Å². The molecule has 34 heavy (non-hydrogen) atoms. The highest BCUT2D eigenvalue weighted by molar-refractivity contribution is 7.10. The largest absolute Gasteiger partial charge is 0.348 e. The molecule has 0 bridgehead atoms. The van der Waals surface area contributed by atoms with Crippen LogP contribution in [0.15, 0.2) is 47.8 Å². The third kappa shape index (κ3) is 6.17. The van der Waals surface area contributed by atoms with Gasteiger partial charge in [0.25, 0.3) is 0 Å². The number of nitrogens with one attached hydrogen (secondary N) is 3. The minimum absolute atomic E-state index is 0.0813. The zero-order valence-electron chi connectivity index (χ0n) is 19.4. The van der Waals surface area contributed by atoms with Crippen LogP contribution in [-0.2, 0) is 30.4 Å². The van der Waals surface area contributed by atoms with Crippen molar-refractivity contribution in [3.8, 4) is 0 Å². The van der Waals surface area contributed by atoms with Gasteiger partial charge in [0, 0.05) is 4.88 Å². The zero-order valence-corrected chi connectivity index (χ0v) is 20.2. The van der Waals surface area contributed by atoms with E-state index in [1.807, 2.05) is 47.8 Å². The number of carbonyl (C=O) groups is 5. The first-order valence-electron chi connectivity index (χ1n) is 11.2. The Labute approximate surface area is 202 Å². The lowest BCUT2D eigenvalue weighted by Gasteiger charge is -2.26. The lowest BCUT2D eigenvalue weighted by atomic mass is 9.85. The molecule has 4 atom stereocenters. The second-order valence-electron chi connectivity index (χ2n) is 8.80. The molecule has 1 aromatic carbocycles. The molecule has 1 saturated heterocycles. The molecule has 1 aromatic heterocycles. The van der Waals surface area contributed by atoms with Crippen LogP contribution in [0.25, 0.3) is 0 Å². The van der Waals surface area contributed by atoms with Crippen LogP contribution in [0.1, 0.15) is 43.7 Å². The molecule has 0 aliphatic carbocycles. The van der Waals surface area contributed by atoms with Gasteiger partial charge in [-0.05, 0) is 22.9 Å². The fraction of sp³-hybridized carbons (Fsp3) is 0.400. The van der Waals surface area contributed by atoms with E-state index in [2.05, 4.69) is 16.0 Å². The highest BCUT2D eigenvalue weighted by Crippen LogP contribution is 2.24. The van der Waals surface area contributed by atoms with E-state index >= 15 is 0 Å². The van der Waals surface area contributed by atoms with Gasteiger partial charge in [-0.1, -0.05) is 57.2 Å². The Kier molecular flexibility index (Phi) is 8.33. The Morgan fingerprint density at radius 3 is 2.24 bits per heavy atom. The normalized spacial score (nSPS) is 19.4. The molecule has 0 radical (unpaired) electrons. The van der Waals surface area contributed by atoms with Crippen molar-refractivity contribution in [3.63, 3.8) is 0 Å². The average molecular weight is 484 g/mol. The maximum Gasteiger partial charge on any atom is 0.238 e. The lowest BCUT2D eigenvalue weighted by molar-refractivity contribution is -0.137. The summed E-state index contributed by atoms with van der Waals surface area (Å²) in [6.45, 7) is 5.05. The number of rotatable bonds is 10. The SMILES string of the molecule is CC(C)[C@H](NC(=O)C[C@H](NC(=O)Cc1cccs1)c1ccccc1)C(=O)[C@@H]1C(=O)NC(=O)[C@H]1C. The molecular weight excluding hydrogens is 454 g/mol. The van der Waals surface area contributed by atoms with Gasteiger partial charge in [-0.2, -0.15) is 0 Å². The summed E-state index contributed by atoms with van der Waals surface area (Å²) in [6, 6.07) is 11.4. The third-order valence-electron chi connectivity index (χ3n) is 5.88. The molecule has 4 amide bonds. The van der Waals surface area contributed by atoms with Gasteiger partial charge in [0.1, 0.15) is 5.92 Å². The number of amides is 4. The molecule has 1 aliphatic rings. The summed E-state index contributed by atoms with van der Waals surface area (Å²) < 4.78 is 0. The van der Waals surface area contributed by atoms with Gasteiger partial charge in [-0.3, -0.25) is 29.3 Å². The van der Waals surface area contributed by atoms with E-state index in [0.717, 1.165) is 10.4 Å². The maximum absolute atomic E-state index is 13.1. The van der Waals surface area contributed by atoms with Gasteiger partial charge >= 0.3 is 0 Å². The first-order chi connectivity index (χ1) is 16.2. The molecule has 0 saturated carbocycles. The number of thiophene rings is 1. The van der Waals surface area contributed by atoms with Crippen LogP contribution in [0.2, 0.25) is 0 Å². The van der Waals surface area contributed by atoms with Gasteiger partial charge in [0.05, 0.1) is 30.8 Å². The molecule has 180 valence electrons. The van der Waals surface area contributed by atoms with E-state index in [4.69, 9.17) is 0 Å². The second-order valence-corrected chi connectivity index (χ2v) is 9.83. The Hall–Kier alpha value is -3.33. The highest BCUT2D eigenvalue weighted by Gasteiger charge is 2.46. The van der Waals surface area contributed by atoms with Crippen LogP contribution >= 0.6 is 11.3 Å². The fourth-order valence-electron chi connectivity index (χ4n) is 4.00. The van der Waals surface area contributed by atoms with Crippen LogP contribution in [0, 0.1) is 17.8 Å². The number of ketones is 1. The summed E-state index contributed by atoms with van der Waals surface area (Å²) in [5, 5.41) is 9.74. The average Bonchev–Trinajstić information content (AvgIpc) is 3.38. The predicted molar refractivity (Wildman–Crippen MR) is 128 cm³/mol. The molecule has 0 spiro atoms. The highest BCUT2D eigenvalue weighted by atomic mass is 32.1. The fourth-order valence-corrected chi connectivity index (χ4v) is 4.70. The smallest absolute Gasteiger partial charge is 0.238 e. The van der Waals surface area contributed by atoms with Crippen molar-refractivity contribution in [1.82, 2.24) is 16.0 Å². The Morgan fingerprint density at radius 2 is 1.68 bits per heavy atom. The summed E-state index contributed by atoms with van der Waals surface area (Å²) in [7, 11) is 0. The first kappa shape index (κ1) is 25.3.